The van der Waals surface area contributed by atoms with Crippen LogP contribution in [0.3, 0.4) is 0 Å². The third-order valence-corrected chi connectivity index (χ3v) is 5.62. The van der Waals surface area contributed by atoms with Crippen molar-refractivity contribution in [1.82, 2.24) is 15.2 Å². The number of nitrogens with one attached hydrogen (secondary N) is 2. The van der Waals surface area contributed by atoms with Gasteiger partial charge in [-0.2, -0.15) is 0 Å². The molecule has 0 unspecified atom stereocenters. The van der Waals surface area contributed by atoms with E-state index in [-0.39, 0.29) is 24.7 Å². The van der Waals surface area contributed by atoms with Crippen LogP contribution in [-0.2, 0) is 13.0 Å². The van der Waals surface area contributed by atoms with Crippen LogP contribution in [0.2, 0.25) is 10.0 Å². The fourth-order valence-electron chi connectivity index (χ4n) is 3.41. The maximum Gasteiger partial charge on any atom is 0.318 e. The number of aliphatic hydroxyl groups is 1. The monoisotopic (exact) mass is 436 g/mol. The zero-order chi connectivity index (χ0) is 21.0. The van der Waals surface area contributed by atoms with Gasteiger partial charge in [-0.3, -0.25) is 0 Å². The van der Waals surface area contributed by atoms with Gasteiger partial charge < -0.3 is 20.6 Å². The van der Waals surface area contributed by atoms with Crippen LogP contribution >= 0.6 is 23.2 Å². The molecule has 0 saturated heterocycles. The summed E-state index contributed by atoms with van der Waals surface area (Å²) in [4.78, 5) is 19.2. The fourth-order valence-corrected chi connectivity index (χ4v) is 3.71. The minimum absolute atomic E-state index is 0.0517. The lowest BCUT2D eigenvalue weighted by atomic mass is 10.0. The number of rotatable bonds is 6. The summed E-state index contributed by atoms with van der Waals surface area (Å²) in [6.07, 6.45) is 3.04. The molecule has 29 heavy (non-hydrogen) atoms. The van der Waals surface area contributed by atoms with E-state index >= 15 is 0 Å². The van der Waals surface area contributed by atoms with Crippen molar-refractivity contribution in [2.75, 3.05) is 18.5 Å². The summed E-state index contributed by atoms with van der Waals surface area (Å²) in [5, 5.41) is 16.6. The van der Waals surface area contributed by atoms with Crippen molar-refractivity contribution in [3.05, 3.63) is 57.2 Å². The molecule has 8 heteroatoms. The maximum absolute atomic E-state index is 12.9. The van der Waals surface area contributed by atoms with Crippen molar-refractivity contribution < 1.29 is 9.90 Å². The van der Waals surface area contributed by atoms with E-state index in [0.29, 0.717) is 29.6 Å². The number of urea groups is 1. The molecular formula is C21H26Cl2N4O2. The molecule has 0 aliphatic carbocycles. The molecule has 1 aliphatic heterocycles. The zero-order valence-electron chi connectivity index (χ0n) is 16.6. The van der Waals surface area contributed by atoms with E-state index in [4.69, 9.17) is 23.2 Å². The Labute approximate surface area is 181 Å². The highest BCUT2D eigenvalue weighted by Crippen LogP contribution is 2.27. The third-order valence-electron chi connectivity index (χ3n) is 4.88. The first-order valence-corrected chi connectivity index (χ1v) is 10.5. The second-order valence-electron chi connectivity index (χ2n) is 7.50. The number of carbonyl (C=O) groups is 1. The van der Waals surface area contributed by atoms with Crippen LogP contribution in [0.15, 0.2) is 30.5 Å². The Morgan fingerprint density at radius 1 is 1.24 bits per heavy atom. The van der Waals surface area contributed by atoms with Gasteiger partial charge in [0.25, 0.3) is 0 Å². The van der Waals surface area contributed by atoms with Gasteiger partial charge in [-0.05, 0) is 61.6 Å². The summed E-state index contributed by atoms with van der Waals surface area (Å²) in [7, 11) is 0. The summed E-state index contributed by atoms with van der Waals surface area (Å²) in [5.41, 5.74) is 3.07. The molecule has 2 aromatic rings. The van der Waals surface area contributed by atoms with E-state index in [9.17, 15) is 9.90 Å². The van der Waals surface area contributed by atoms with Gasteiger partial charge in [-0.1, -0.05) is 29.3 Å². The average molecular weight is 437 g/mol. The predicted molar refractivity (Wildman–Crippen MR) is 117 cm³/mol. The molecule has 2 amide bonds. The fraction of sp³-hybridized carbons (Fsp3) is 0.429. The number of hydrogen-bond donors (Lipinski definition) is 3. The van der Waals surface area contributed by atoms with E-state index < -0.39 is 0 Å². The molecule has 3 rings (SSSR count). The van der Waals surface area contributed by atoms with Gasteiger partial charge >= 0.3 is 6.03 Å². The van der Waals surface area contributed by atoms with Crippen molar-refractivity contribution in [2.45, 2.75) is 45.3 Å². The number of fused-ring (bicyclic) bond motifs is 1. The van der Waals surface area contributed by atoms with E-state index in [1.807, 2.05) is 18.3 Å². The van der Waals surface area contributed by atoms with Gasteiger partial charge in [0.15, 0.2) is 0 Å². The van der Waals surface area contributed by atoms with Crippen LogP contribution < -0.4 is 10.6 Å². The molecule has 0 saturated carbocycles. The normalized spacial score (nSPS) is 14.5. The standard InChI is InChI=1S/C21H26Cl2N4O2/c1-13(2)25-20-10-16-12-27(7-5-15(16)11-24-20)21(29)26-19(6-8-28)14-3-4-17(22)18(23)9-14/h3-4,9-11,13,19,28H,5-8,12H2,1-2H3,(H,24,25)(H,26,29)/t19-/m1/s1. The van der Waals surface area contributed by atoms with E-state index in [2.05, 4.69) is 29.5 Å². The largest absolute Gasteiger partial charge is 0.396 e. The molecule has 0 spiro atoms. The molecule has 1 aromatic heterocycles. The molecule has 156 valence electrons. The summed E-state index contributed by atoms with van der Waals surface area (Å²) in [6.45, 7) is 5.20. The molecule has 0 radical (unpaired) electrons. The Morgan fingerprint density at radius 3 is 2.72 bits per heavy atom. The van der Waals surface area contributed by atoms with Gasteiger partial charge in [0, 0.05) is 31.9 Å². The molecule has 6 nitrogen and oxygen atoms in total. The minimum atomic E-state index is -0.348. The average Bonchev–Trinajstić information content (AvgIpc) is 2.68. The number of hydrogen-bond acceptors (Lipinski definition) is 4. The van der Waals surface area contributed by atoms with Crippen LogP contribution in [0.25, 0.3) is 0 Å². The number of halogens is 2. The summed E-state index contributed by atoms with van der Waals surface area (Å²) in [5.74, 6) is 0.815. The van der Waals surface area contributed by atoms with E-state index in [1.165, 1.54) is 5.56 Å². The van der Waals surface area contributed by atoms with Crippen LogP contribution in [-0.4, -0.2) is 40.2 Å². The summed E-state index contributed by atoms with van der Waals surface area (Å²) >= 11 is 12.1. The predicted octanol–water partition coefficient (Wildman–Crippen LogP) is 4.40. The van der Waals surface area contributed by atoms with Crippen LogP contribution in [0.4, 0.5) is 10.6 Å². The lowest BCUT2D eigenvalue weighted by molar-refractivity contribution is 0.184. The molecule has 3 N–H and O–H groups in total. The van der Waals surface area contributed by atoms with Crippen molar-refractivity contribution >= 4 is 35.1 Å². The lowest BCUT2D eigenvalue weighted by Crippen LogP contribution is -2.44. The highest BCUT2D eigenvalue weighted by atomic mass is 35.5. The first-order chi connectivity index (χ1) is 13.9. The molecule has 1 atom stereocenters. The minimum Gasteiger partial charge on any atom is -0.396 e. The topological polar surface area (TPSA) is 77.5 Å². The number of pyridine rings is 1. The maximum atomic E-state index is 12.9. The van der Waals surface area contributed by atoms with Crippen molar-refractivity contribution in [3.8, 4) is 0 Å². The Kier molecular flexibility index (Phi) is 7.22. The first kappa shape index (κ1) is 21.7. The third kappa shape index (κ3) is 5.53. The highest BCUT2D eigenvalue weighted by molar-refractivity contribution is 6.42. The lowest BCUT2D eigenvalue weighted by Gasteiger charge is -2.31. The molecule has 0 fully saturated rings. The van der Waals surface area contributed by atoms with E-state index in [1.54, 1.807) is 17.0 Å². The summed E-state index contributed by atoms with van der Waals surface area (Å²) < 4.78 is 0. The highest BCUT2D eigenvalue weighted by Gasteiger charge is 2.24. The van der Waals surface area contributed by atoms with Gasteiger partial charge in [0.1, 0.15) is 5.82 Å². The Hall–Kier alpha value is -2.02. The van der Waals surface area contributed by atoms with E-state index in [0.717, 1.165) is 23.4 Å². The van der Waals surface area contributed by atoms with Crippen LogP contribution in [0, 0.1) is 0 Å². The Balaban J connectivity index is 1.71. The SMILES string of the molecule is CC(C)Nc1cc2c(cn1)CCN(C(=O)N[C@H](CCO)c1ccc(Cl)c(Cl)c1)C2. The zero-order valence-corrected chi connectivity index (χ0v) is 18.1. The van der Waals surface area contributed by atoms with Crippen molar-refractivity contribution in [2.24, 2.45) is 0 Å². The molecule has 1 aliphatic rings. The van der Waals surface area contributed by atoms with Gasteiger partial charge in [0.05, 0.1) is 16.1 Å². The molecule has 0 bridgehead atoms. The molecular weight excluding hydrogens is 411 g/mol. The first-order valence-electron chi connectivity index (χ1n) is 9.73. The smallest absolute Gasteiger partial charge is 0.318 e. The number of amides is 2. The molecule has 2 heterocycles. The van der Waals surface area contributed by atoms with Gasteiger partial charge in [0.2, 0.25) is 0 Å². The number of aliphatic hydroxyl groups excluding tert-OH is 1. The molecule has 1 aromatic carbocycles. The van der Waals surface area contributed by atoms with Crippen LogP contribution in [0.5, 0.6) is 0 Å². The second-order valence-corrected chi connectivity index (χ2v) is 8.31. The number of aromatic nitrogens is 1. The van der Waals surface area contributed by atoms with Gasteiger partial charge in [-0.15, -0.1) is 0 Å². The Morgan fingerprint density at radius 2 is 2.03 bits per heavy atom. The van der Waals surface area contributed by atoms with Crippen LogP contribution in [0.1, 0.15) is 43.0 Å². The quantitative estimate of drug-likeness (QED) is 0.626. The van der Waals surface area contributed by atoms with Crippen molar-refractivity contribution in [3.63, 3.8) is 0 Å². The number of nitrogens with zero attached hydrogens (tertiary/aromatic N) is 2. The Bertz CT molecular complexity index is 876. The number of benzene rings is 1. The van der Waals surface area contributed by atoms with Crippen molar-refractivity contribution in [1.29, 1.82) is 0 Å². The number of carbonyl (C=O) groups excluding carboxylic acids is 1. The number of anilines is 1. The van der Waals surface area contributed by atoms with Gasteiger partial charge in [-0.25, -0.2) is 9.78 Å². The summed E-state index contributed by atoms with van der Waals surface area (Å²) in [6, 6.07) is 7.02. The second kappa shape index (κ2) is 9.65.